The molecule has 0 unspecified atom stereocenters. The summed E-state index contributed by atoms with van der Waals surface area (Å²) < 4.78 is 44.9. The minimum absolute atomic E-state index is 0.0256. The van der Waals surface area contributed by atoms with Gasteiger partial charge in [0.25, 0.3) is 5.56 Å². The lowest BCUT2D eigenvalue weighted by Crippen LogP contribution is -2.37. The molecule has 10 heteroatoms. The minimum Gasteiger partial charge on any atom is -0.386 e. The number of aromatic nitrogens is 1. The van der Waals surface area contributed by atoms with Crippen molar-refractivity contribution >= 4 is 23.4 Å². The van der Waals surface area contributed by atoms with E-state index in [0.717, 1.165) is 24.0 Å². The number of pyridine rings is 1. The van der Waals surface area contributed by atoms with E-state index < -0.39 is 23.0 Å². The van der Waals surface area contributed by atoms with Crippen molar-refractivity contribution in [3.63, 3.8) is 0 Å². The number of halogens is 3. The Morgan fingerprint density at radius 3 is 2.39 bits per heavy atom. The molecule has 2 aromatic rings. The fourth-order valence-electron chi connectivity index (χ4n) is 4.81. The first kappa shape index (κ1) is 27.1. The highest BCUT2D eigenvalue weighted by Gasteiger charge is 2.27. The first-order valence-electron chi connectivity index (χ1n) is 12.3. The van der Waals surface area contributed by atoms with Gasteiger partial charge in [0.1, 0.15) is 11.6 Å². The van der Waals surface area contributed by atoms with Crippen LogP contribution in [0.2, 0.25) is 0 Å². The van der Waals surface area contributed by atoms with Gasteiger partial charge in [-0.15, -0.1) is 0 Å². The van der Waals surface area contributed by atoms with Crippen molar-refractivity contribution in [2.24, 2.45) is 5.10 Å². The molecule has 1 aromatic carbocycles. The second kappa shape index (κ2) is 11.2. The number of rotatable bonds is 6. The molecule has 7 nitrogen and oxygen atoms in total. The highest BCUT2D eigenvalue weighted by Crippen LogP contribution is 2.33. The normalized spacial score (nSPS) is 20.7. The number of Topliss-reactive ketones (excluding diaryl/α,β-unsaturated/α-hetero) is 1. The zero-order valence-corrected chi connectivity index (χ0v) is 21.6. The van der Waals surface area contributed by atoms with Gasteiger partial charge < -0.3 is 5.32 Å². The molecule has 0 aliphatic carbocycles. The zero-order chi connectivity index (χ0) is 27.6. The topological polar surface area (TPSA) is 69.9 Å². The summed E-state index contributed by atoms with van der Waals surface area (Å²) in [7, 11) is 3.32. The Bertz CT molecular complexity index is 1400. The molecule has 0 atom stereocenters. The monoisotopic (exact) mass is 525 g/mol. The van der Waals surface area contributed by atoms with Crippen LogP contribution in [-0.4, -0.2) is 60.2 Å². The Labute approximate surface area is 219 Å². The highest BCUT2D eigenvalue weighted by atomic mass is 19.1. The van der Waals surface area contributed by atoms with Crippen LogP contribution in [0, 0.1) is 17.5 Å². The summed E-state index contributed by atoms with van der Waals surface area (Å²) in [6, 6.07) is 3.40. The molecule has 2 aliphatic heterocycles. The number of hydrogen-bond acceptors (Lipinski definition) is 6. The number of allylic oxidation sites excluding steroid dienone is 4. The van der Waals surface area contributed by atoms with Gasteiger partial charge in [-0.2, -0.15) is 5.10 Å². The SMILES string of the molecule is C=C1/C=C(/CN2CCC(c3c(F)cc(C(C)=O)cc3F)CC2)N(C)/N=C\C=C/1n1cc(F)c(NC)cc1=O. The minimum atomic E-state index is -0.685. The summed E-state index contributed by atoms with van der Waals surface area (Å²) >= 11 is 0. The number of carbonyl (C=O) groups is 1. The average Bonchev–Trinajstić information content (AvgIpc) is 2.87. The maximum absolute atomic E-state index is 14.7. The van der Waals surface area contributed by atoms with Gasteiger partial charge in [-0.25, -0.2) is 13.2 Å². The van der Waals surface area contributed by atoms with E-state index in [9.17, 15) is 22.8 Å². The van der Waals surface area contributed by atoms with Gasteiger partial charge in [0.05, 0.1) is 23.3 Å². The van der Waals surface area contributed by atoms with Crippen molar-refractivity contribution in [1.82, 2.24) is 14.5 Å². The third-order valence-electron chi connectivity index (χ3n) is 6.96. The smallest absolute Gasteiger partial charge is 0.257 e. The molecule has 2 aliphatic rings. The summed E-state index contributed by atoms with van der Waals surface area (Å²) in [4.78, 5) is 26.3. The standard InChI is InChI=1S/C28H30F3N5O2/c1-17-11-21(34(4)33-8-5-26(17)36-16-24(31)25(32-3)14-27(36)38)15-35-9-6-19(7-10-35)28-22(29)12-20(18(2)37)13-23(28)30/h5,8,11-14,16,19,32H,1,6-7,9-10,15H2,2-4H3/b21-11-,26-5+,33-8-. The molecule has 0 spiro atoms. The molecule has 3 heterocycles. The van der Waals surface area contributed by atoms with E-state index in [1.54, 1.807) is 24.2 Å². The molecular weight excluding hydrogens is 495 g/mol. The van der Waals surface area contributed by atoms with Gasteiger partial charge in [0.2, 0.25) is 0 Å². The zero-order valence-electron chi connectivity index (χ0n) is 21.6. The first-order valence-corrected chi connectivity index (χ1v) is 12.3. The van der Waals surface area contributed by atoms with Crippen LogP contribution in [0.25, 0.3) is 5.70 Å². The Kier molecular flexibility index (Phi) is 8.01. The lowest BCUT2D eigenvalue weighted by Gasteiger charge is -2.34. The van der Waals surface area contributed by atoms with E-state index in [1.807, 2.05) is 0 Å². The fourth-order valence-corrected chi connectivity index (χ4v) is 4.81. The number of likely N-dealkylation sites (tertiary alicyclic amines) is 1. The Morgan fingerprint density at radius 1 is 1.13 bits per heavy atom. The second-order valence-corrected chi connectivity index (χ2v) is 9.45. The summed E-state index contributed by atoms with van der Waals surface area (Å²) in [6.45, 7) is 7.06. The van der Waals surface area contributed by atoms with Crippen LogP contribution in [0.5, 0.6) is 0 Å². The van der Waals surface area contributed by atoms with Crippen LogP contribution in [-0.2, 0) is 0 Å². The molecule has 0 radical (unpaired) electrons. The van der Waals surface area contributed by atoms with Gasteiger partial charge in [-0.05, 0) is 68.6 Å². The van der Waals surface area contributed by atoms with Gasteiger partial charge in [0, 0.05) is 44.0 Å². The van der Waals surface area contributed by atoms with Crippen molar-refractivity contribution in [2.75, 3.05) is 39.0 Å². The van der Waals surface area contributed by atoms with E-state index in [2.05, 4.69) is 21.9 Å². The van der Waals surface area contributed by atoms with Crippen molar-refractivity contribution in [1.29, 1.82) is 0 Å². The summed E-state index contributed by atoms with van der Waals surface area (Å²) in [5.74, 6) is -2.62. The Morgan fingerprint density at radius 2 is 1.79 bits per heavy atom. The first-order chi connectivity index (χ1) is 18.1. The van der Waals surface area contributed by atoms with Crippen LogP contribution in [0.15, 0.2) is 64.3 Å². The van der Waals surface area contributed by atoms with E-state index >= 15 is 0 Å². The summed E-state index contributed by atoms with van der Waals surface area (Å²) in [6.07, 6.45) is 7.12. The largest absolute Gasteiger partial charge is 0.386 e. The van der Waals surface area contributed by atoms with Gasteiger partial charge in [-0.3, -0.25) is 24.1 Å². The van der Waals surface area contributed by atoms with Crippen LogP contribution in [0.3, 0.4) is 0 Å². The van der Waals surface area contributed by atoms with E-state index in [0.29, 0.717) is 43.7 Å². The molecule has 200 valence electrons. The van der Waals surface area contributed by atoms with Gasteiger partial charge in [0.15, 0.2) is 11.6 Å². The molecule has 1 N–H and O–H groups in total. The van der Waals surface area contributed by atoms with E-state index in [1.165, 1.54) is 30.8 Å². The van der Waals surface area contributed by atoms with Crippen molar-refractivity contribution < 1.29 is 18.0 Å². The number of piperidine rings is 1. The number of hydrogen-bond donors (Lipinski definition) is 1. The summed E-state index contributed by atoms with van der Waals surface area (Å²) in [5.41, 5.74) is 1.43. The number of nitrogens with zero attached hydrogens (tertiary/aromatic N) is 4. The number of benzene rings is 1. The molecule has 1 saturated heterocycles. The van der Waals surface area contributed by atoms with Crippen LogP contribution >= 0.6 is 0 Å². The van der Waals surface area contributed by atoms with Crippen LogP contribution < -0.4 is 10.9 Å². The molecule has 0 bridgehead atoms. The maximum Gasteiger partial charge on any atom is 0.257 e. The van der Waals surface area contributed by atoms with E-state index in [4.69, 9.17) is 0 Å². The van der Waals surface area contributed by atoms with Gasteiger partial charge in [-0.1, -0.05) is 6.58 Å². The lowest BCUT2D eigenvalue weighted by molar-refractivity contribution is 0.101. The highest BCUT2D eigenvalue weighted by molar-refractivity contribution is 5.94. The maximum atomic E-state index is 14.7. The molecule has 4 rings (SSSR count). The van der Waals surface area contributed by atoms with Crippen molar-refractivity contribution in [3.8, 4) is 0 Å². The third-order valence-corrected chi connectivity index (χ3v) is 6.96. The third kappa shape index (κ3) is 5.65. The molecule has 0 amide bonds. The van der Waals surface area contributed by atoms with Gasteiger partial charge >= 0.3 is 0 Å². The quantitative estimate of drug-likeness (QED) is 0.559. The predicted octanol–water partition coefficient (Wildman–Crippen LogP) is 4.60. The van der Waals surface area contributed by atoms with E-state index in [-0.39, 0.29) is 28.5 Å². The van der Waals surface area contributed by atoms with Crippen LogP contribution in [0.4, 0.5) is 18.9 Å². The summed E-state index contributed by atoms with van der Waals surface area (Å²) in [5, 5.41) is 8.72. The Balaban J connectivity index is 1.49. The number of nitrogens with one attached hydrogen (secondary N) is 1. The predicted molar refractivity (Wildman–Crippen MR) is 143 cm³/mol. The molecule has 1 fully saturated rings. The number of ketones is 1. The second-order valence-electron chi connectivity index (χ2n) is 9.45. The molecular formula is C28H30F3N5O2. The Hall–Kier alpha value is -3.92. The average molecular weight is 526 g/mol. The van der Waals surface area contributed by atoms with Crippen molar-refractivity contribution in [2.45, 2.75) is 25.7 Å². The van der Waals surface area contributed by atoms with Crippen LogP contribution in [0.1, 0.15) is 41.6 Å². The number of anilines is 1. The van der Waals surface area contributed by atoms with Crippen molar-refractivity contribution in [3.05, 3.63) is 93.3 Å². The number of hydrazone groups is 1. The molecule has 1 aromatic heterocycles. The molecule has 0 saturated carbocycles. The number of carbonyl (C=O) groups excluding carboxylic acids is 1. The number of likely N-dealkylation sites (N-methyl/N-ethyl adjacent to an activating group) is 1. The molecule has 38 heavy (non-hydrogen) atoms. The lowest BCUT2D eigenvalue weighted by atomic mass is 9.87. The fraction of sp³-hybridized carbons (Fsp3) is 0.321.